The molecule has 2 aromatic rings. The van der Waals surface area contributed by atoms with Crippen molar-refractivity contribution in [3.8, 4) is 0 Å². The summed E-state index contributed by atoms with van der Waals surface area (Å²) in [7, 11) is 1.36. The normalized spacial score (nSPS) is 21.6. The molecule has 42 heavy (non-hydrogen) atoms. The number of benzene rings is 1. The number of hydroxylamine groups is 1. The van der Waals surface area contributed by atoms with Gasteiger partial charge in [0.2, 0.25) is 5.91 Å². The number of hydrogen-bond donors (Lipinski definition) is 1. The molecule has 9 heteroatoms. The van der Waals surface area contributed by atoms with E-state index >= 15 is 0 Å². The van der Waals surface area contributed by atoms with Crippen LogP contribution < -0.4 is 5.48 Å². The third-order valence-corrected chi connectivity index (χ3v) is 7.76. The number of allylic oxidation sites excluding steroid dienone is 2. The fourth-order valence-corrected chi connectivity index (χ4v) is 5.62. The molecule has 228 valence electrons. The zero-order chi connectivity index (χ0) is 30.5. The summed E-state index contributed by atoms with van der Waals surface area (Å²) in [5.41, 5.74) is 4.58. The Hall–Kier alpha value is -3.27. The number of fused-ring (bicyclic) bond motifs is 1. The number of rotatable bonds is 12. The highest BCUT2D eigenvalue weighted by atomic mass is 16.8. The Morgan fingerprint density at radius 3 is 2.67 bits per heavy atom. The average molecular weight is 580 g/mol. The van der Waals surface area contributed by atoms with Crippen LogP contribution in [-0.2, 0) is 35.2 Å². The second-order valence-electron chi connectivity index (χ2n) is 12.5. The SMILES string of the molecule is COC(=O)[C@@H](CC(C)C)N1CC[C@@](NOCOC(C)(C)C)(C2C=CC(OCc3cc(C)nc4ccccc34)=CC2)C1=O. The number of methoxy groups -OCH3 is 1. The largest absolute Gasteiger partial charge is 0.489 e. The minimum absolute atomic E-state index is 0.0229. The Bertz CT molecular complexity index is 1330. The highest BCUT2D eigenvalue weighted by molar-refractivity contribution is 5.93. The second-order valence-corrected chi connectivity index (χ2v) is 12.5. The second kappa shape index (κ2) is 13.4. The third kappa shape index (κ3) is 7.38. The van der Waals surface area contributed by atoms with Crippen molar-refractivity contribution in [2.75, 3.05) is 20.4 Å². The van der Waals surface area contributed by atoms with Gasteiger partial charge in [0.05, 0.1) is 18.2 Å². The number of aromatic nitrogens is 1. The quantitative estimate of drug-likeness (QED) is 0.155. The minimum Gasteiger partial charge on any atom is -0.489 e. The van der Waals surface area contributed by atoms with E-state index < -0.39 is 23.2 Å². The van der Waals surface area contributed by atoms with Crippen LogP contribution >= 0.6 is 0 Å². The summed E-state index contributed by atoms with van der Waals surface area (Å²) in [4.78, 5) is 38.9. The number of carbonyl (C=O) groups excluding carboxylic acids is 2. The van der Waals surface area contributed by atoms with Crippen molar-refractivity contribution in [3.05, 3.63) is 65.6 Å². The number of nitrogens with zero attached hydrogens (tertiary/aromatic N) is 2. The number of nitrogens with one attached hydrogen (secondary N) is 1. The molecule has 1 amide bonds. The van der Waals surface area contributed by atoms with E-state index in [1.54, 1.807) is 4.90 Å². The first-order chi connectivity index (χ1) is 19.9. The summed E-state index contributed by atoms with van der Waals surface area (Å²) < 4.78 is 17.0. The molecule has 2 heterocycles. The summed E-state index contributed by atoms with van der Waals surface area (Å²) in [5, 5.41) is 1.07. The molecular weight excluding hydrogens is 534 g/mol. The maximum Gasteiger partial charge on any atom is 0.328 e. The molecule has 1 aromatic carbocycles. The Balaban J connectivity index is 1.51. The Morgan fingerprint density at radius 2 is 2.00 bits per heavy atom. The van der Waals surface area contributed by atoms with Gasteiger partial charge in [-0.3, -0.25) is 14.6 Å². The first-order valence-corrected chi connectivity index (χ1v) is 14.7. The lowest BCUT2D eigenvalue weighted by atomic mass is 9.79. The number of pyridine rings is 1. The molecule has 1 fully saturated rings. The van der Waals surface area contributed by atoms with Crippen molar-refractivity contribution >= 4 is 22.8 Å². The number of ether oxygens (including phenoxy) is 3. The molecule has 3 atom stereocenters. The van der Waals surface area contributed by atoms with Crippen LogP contribution in [0.5, 0.6) is 0 Å². The smallest absolute Gasteiger partial charge is 0.328 e. The van der Waals surface area contributed by atoms with E-state index in [4.69, 9.17) is 19.0 Å². The van der Waals surface area contributed by atoms with Crippen LogP contribution in [0.25, 0.3) is 10.9 Å². The van der Waals surface area contributed by atoms with E-state index in [1.165, 1.54) is 7.11 Å². The standard InChI is InChI=1S/C33H45N3O6/c1-22(2)18-29(30(37)39-7)36-17-16-33(31(36)38,35-42-21-41-32(4,5)6)25-12-14-26(15-13-25)40-20-24-19-23(3)34-28-11-9-8-10-27(24)28/h8-12,14-15,19,22,25,29,35H,13,16-18,20-21H2,1-7H3/t25?,29-,33-/m1/s1. The van der Waals surface area contributed by atoms with Crippen molar-refractivity contribution in [2.45, 2.75) is 84.6 Å². The average Bonchev–Trinajstić information content (AvgIpc) is 3.28. The molecule has 0 saturated carbocycles. The van der Waals surface area contributed by atoms with E-state index in [0.717, 1.165) is 27.9 Å². The number of amides is 1. The van der Waals surface area contributed by atoms with Crippen molar-refractivity contribution in [3.63, 3.8) is 0 Å². The zero-order valence-corrected chi connectivity index (χ0v) is 25.9. The Kier molecular flexibility index (Phi) is 10.1. The number of likely N-dealkylation sites (tertiary alicyclic amines) is 1. The van der Waals surface area contributed by atoms with Gasteiger partial charge in [-0.1, -0.05) is 38.1 Å². The van der Waals surface area contributed by atoms with Gasteiger partial charge < -0.3 is 19.1 Å². The number of esters is 1. The first kappa shape index (κ1) is 31.7. The predicted octanol–water partition coefficient (Wildman–Crippen LogP) is 5.37. The molecule has 4 rings (SSSR count). The van der Waals surface area contributed by atoms with Crippen LogP contribution in [0.3, 0.4) is 0 Å². The maximum atomic E-state index is 14.2. The van der Waals surface area contributed by atoms with Crippen LogP contribution in [0, 0.1) is 18.8 Å². The van der Waals surface area contributed by atoms with Crippen LogP contribution in [0.4, 0.5) is 0 Å². The number of hydrogen-bond acceptors (Lipinski definition) is 8. The lowest BCUT2D eigenvalue weighted by Gasteiger charge is -2.36. The van der Waals surface area contributed by atoms with Gasteiger partial charge in [-0.05, 0) is 77.2 Å². The summed E-state index contributed by atoms with van der Waals surface area (Å²) in [6.45, 7) is 12.6. The van der Waals surface area contributed by atoms with Gasteiger partial charge >= 0.3 is 5.97 Å². The minimum atomic E-state index is -1.07. The zero-order valence-electron chi connectivity index (χ0n) is 25.9. The van der Waals surface area contributed by atoms with E-state index in [2.05, 4.69) is 22.6 Å². The van der Waals surface area contributed by atoms with E-state index in [1.807, 2.05) is 78.0 Å². The summed E-state index contributed by atoms with van der Waals surface area (Å²) >= 11 is 0. The summed E-state index contributed by atoms with van der Waals surface area (Å²) in [6.07, 6.45) is 7.48. The highest BCUT2D eigenvalue weighted by Crippen LogP contribution is 2.38. The maximum absolute atomic E-state index is 14.2. The molecule has 1 aliphatic carbocycles. The van der Waals surface area contributed by atoms with Crippen molar-refractivity contribution in [1.82, 2.24) is 15.4 Å². The number of aryl methyl sites for hydroxylation is 1. The topological polar surface area (TPSA) is 99.2 Å². The van der Waals surface area contributed by atoms with Crippen molar-refractivity contribution < 1.29 is 28.6 Å². The van der Waals surface area contributed by atoms with Gasteiger partial charge in [0, 0.05) is 29.1 Å². The van der Waals surface area contributed by atoms with Gasteiger partial charge in [-0.2, -0.15) is 5.48 Å². The Labute approximate surface area is 249 Å². The van der Waals surface area contributed by atoms with E-state index in [0.29, 0.717) is 32.4 Å². The van der Waals surface area contributed by atoms with Gasteiger partial charge in [0.25, 0.3) is 0 Å². The van der Waals surface area contributed by atoms with Crippen LogP contribution in [0.2, 0.25) is 0 Å². The van der Waals surface area contributed by atoms with Crippen LogP contribution in [-0.4, -0.2) is 59.4 Å². The molecule has 1 aliphatic heterocycles. The molecule has 0 radical (unpaired) electrons. The van der Waals surface area contributed by atoms with Gasteiger partial charge in [-0.25, -0.2) is 4.79 Å². The van der Waals surface area contributed by atoms with Gasteiger partial charge in [0.15, 0.2) is 6.79 Å². The van der Waals surface area contributed by atoms with Gasteiger partial charge in [0.1, 0.15) is 23.9 Å². The monoisotopic (exact) mass is 579 g/mol. The summed E-state index contributed by atoms with van der Waals surface area (Å²) in [6, 6.07) is 9.44. The molecule has 0 bridgehead atoms. The van der Waals surface area contributed by atoms with Crippen LogP contribution in [0.1, 0.15) is 65.1 Å². The van der Waals surface area contributed by atoms with E-state index in [-0.39, 0.29) is 24.5 Å². The molecule has 9 nitrogen and oxygen atoms in total. The van der Waals surface area contributed by atoms with Crippen molar-refractivity contribution in [1.29, 1.82) is 0 Å². The Morgan fingerprint density at radius 1 is 1.24 bits per heavy atom. The molecule has 1 saturated heterocycles. The molecule has 1 aromatic heterocycles. The molecule has 2 aliphatic rings. The first-order valence-electron chi connectivity index (χ1n) is 14.7. The van der Waals surface area contributed by atoms with Crippen molar-refractivity contribution in [2.24, 2.45) is 11.8 Å². The van der Waals surface area contributed by atoms with E-state index in [9.17, 15) is 9.59 Å². The molecule has 1 unspecified atom stereocenters. The molecule has 0 spiro atoms. The fraction of sp³-hybridized carbons (Fsp3) is 0.545. The lowest BCUT2D eigenvalue weighted by molar-refractivity contribution is -0.179. The fourth-order valence-electron chi connectivity index (χ4n) is 5.62. The number of para-hydroxylation sites is 1. The third-order valence-electron chi connectivity index (χ3n) is 7.76. The predicted molar refractivity (Wildman–Crippen MR) is 161 cm³/mol. The molecular formula is C33H45N3O6. The van der Waals surface area contributed by atoms with Gasteiger partial charge in [-0.15, -0.1) is 0 Å². The van der Waals surface area contributed by atoms with Crippen LogP contribution in [0.15, 0.2) is 54.3 Å². The molecule has 1 N–H and O–H groups in total. The highest BCUT2D eigenvalue weighted by Gasteiger charge is 2.54. The summed E-state index contributed by atoms with van der Waals surface area (Å²) in [5.74, 6) is 0.142. The number of carbonyl (C=O) groups is 2. The lowest BCUT2D eigenvalue weighted by Crippen LogP contribution is -2.58.